The van der Waals surface area contributed by atoms with E-state index in [0.717, 1.165) is 44.1 Å². The van der Waals surface area contributed by atoms with Crippen LogP contribution in [0.2, 0.25) is 0 Å². The van der Waals surface area contributed by atoms with Crippen molar-refractivity contribution in [3.05, 3.63) is 0 Å². The summed E-state index contributed by atoms with van der Waals surface area (Å²) in [6.07, 6.45) is 13.7. The first kappa shape index (κ1) is 13.5. The Labute approximate surface area is 122 Å². The lowest BCUT2D eigenvalue weighted by molar-refractivity contribution is -0.0942. The van der Waals surface area contributed by atoms with E-state index < -0.39 is 0 Å². The fourth-order valence-corrected chi connectivity index (χ4v) is 5.18. The van der Waals surface area contributed by atoms with E-state index in [0.29, 0.717) is 6.04 Å². The van der Waals surface area contributed by atoms with Crippen LogP contribution in [-0.4, -0.2) is 37.5 Å². The highest BCUT2D eigenvalue weighted by atomic mass is 16.6. The molecular weight excluding hydrogens is 250 g/mol. The van der Waals surface area contributed by atoms with Gasteiger partial charge in [-0.15, -0.1) is 0 Å². The van der Waals surface area contributed by atoms with Crippen LogP contribution >= 0.6 is 0 Å². The molecule has 4 aliphatic rings. The zero-order valence-electron chi connectivity index (χ0n) is 12.7. The lowest BCUT2D eigenvalue weighted by atomic mass is 9.58. The number of hydrogen-bond donors (Lipinski definition) is 1. The number of ether oxygens (including phenoxy) is 2. The van der Waals surface area contributed by atoms with Gasteiger partial charge in [0, 0.05) is 31.7 Å². The highest BCUT2D eigenvalue weighted by Gasteiger charge is 2.46. The Morgan fingerprint density at radius 1 is 0.850 bits per heavy atom. The molecule has 3 heteroatoms. The SMILES string of the molecule is C1CCC2(CC1)CC(NC1CCOC3(CCOC3)C1)C2. The van der Waals surface area contributed by atoms with Crippen molar-refractivity contribution in [1.82, 2.24) is 5.32 Å². The molecule has 2 unspecified atom stereocenters. The van der Waals surface area contributed by atoms with E-state index in [1.54, 1.807) is 0 Å². The number of rotatable bonds is 2. The van der Waals surface area contributed by atoms with E-state index in [1.165, 1.54) is 51.4 Å². The average Bonchev–Trinajstić information content (AvgIpc) is 2.86. The fourth-order valence-electron chi connectivity index (χ4n) is 5.18. The van der Waals surface area contributed by atoms with Gasteiger partial charge in [0.05, 0.1) is 12.2 Å². The Bertz CT molecular complexity index is 337. The minimum Gasteiger partial charge on any atom is -0.378 e. The minimum absolute atomic E-state index is 0.0577. The maximum absolute atomic E-state index is 6.03. The van der Waals surface area contributed by atoms with Crippen LogP contribution in [0.15, 0.2) is 0 Å². The van der Waals surface area contributed by atoms with E-state index in [-0.39, 0.29) is 5.60 Å². The van der Waals surface area contributed by atoms with E-state index in [4.69, 9.17) is 9.47 Å². The smallest absolute Gasteiger partial charge is 0.0951 e. The summed E-state index contributed by atoms with van der Waals surface area (Å²) in [5.41, 5.74) is 0.803. The van der Waals surface area contributed by atoms with Gasteiger partial charge in [-0.2, -0.15) is 0 Å². The summed E-state index contributed by atoms with van der Waals surface area (Å²) >= 11 is 0. The topological polar surface area (TPSA) is 30.5 Å². The van der Waals surface area contributed by atoms with Gasteiger partial charge in [-0.05, 0) is 43.9 Å². The van der Waals surface area contributed by atoms with Crippen molar-refractivity contribution >= 4 is 0 Å². The largest absolute Gasteiger partial charge is 0.378 e. The van der Waals surface area contributed by atoms with Gasteiger partial charge in [0.25, 0.3) is 0 Å². The summed E-state index contributed by atoms with van der Waals surface area (Å²) in [6, 6.07) is 1.45. The third kappa shape index (κ3) is 2.53. The zero-order chi connectivity index (χ0) is 13.5. The molecule has 2 atom stereocenters. The van der Waals surface area contributed by atoms with Gasteiger partial charge in [-0.3, -0.25) is 0 Å². The molecule has 2 heterocycles. The molecule has 2 saturated carbocycles. The van der Waals surface area contributed by atoms with Crippen LogP contribution in [-0.2, 0) is 9.47 Å². The molecule has 2 aliphatic carbocycles. The summed E-state index contributed by atoms with van der Waals surface area (Å²) in [6.45, 7) is 2.62. The van der Waals surface area contributed by atoms with Crippen molar-refractivity contribution in [3.8, 4) is 0 Å². The normalized spacial score (nSPS) is 41.1. The summed E-state index contributed by atoms with van der Waals surface area (Å²) in [7, 11) is 0. The molecule has 114 valence electrons. The lowest BCUT2D eigenvalue weighted by Gasteiger charge is -2.52. The molecule has 1 N–H and O–H groups in total. The van der Waals surface area contributed by atoms with Crippen LogP contribution in [0.25, 0.3) is 0 Å². The first-order valence-corrected chi connectivity index (χ1v) is 8.76. The number of hydrogen-bond acceptors (Lipinski definition) is 3. The Hall–Kier alpha value is -0.120. The van der Waals surface area contributed by atoms with Gasteiger partial charge in [0.2, 0.25) is 0 Å². The molecule has 0 aromatic heterocycles. The molecule has 0 aromatic carbocycles. The molecule has 0 aromatic rings. The van der Waals surface area contributed by atoms with Crippen LogP contribution in [0.1, 0.15) is 64.2 Å². The van der Waals surface area contributed by atoms with Gasteiger partial charge >= 0.3 is 0 Å². The first-order chi connectivity index (χ1) is 9.78. The van der Waals surface area contributed by atoms with Crippen molar-refractivity contribution in [1.29, 1.82) is 0 Å². The second kappa shape index (κ2) is 5.26. The molecule has 0 bridgehead atoms. The number of nitrogens with one attached hydrogen (secondary N) is 1. The van der Waals surface area contributed by atoms with Crippen LogP contribution in [0.5, 0.6) is 0 Å². The highest BCUT2D eigenvalue weighted by molar-refractivity contribution is 5.01. The predicted molar refractivity (Wildman–Crippen MR) is 78.8 cm³/mol. The van der Waals surface area contributed by atoms with E-state index in [1.807, 2.05) is 0 Å². The van der Waals surface area contributed by atoms with E-state index in [2.05, 4.69) is 5.32 Å². The fraction of sp³-hybridized carbons (Fsp3) is 1.00. The molecule has 3 nitrogen and oxygen atoms in total. The molecule has 0 radical (unpaired) electrons. The maximum atomic E-state index is 6.03. The summed E-state index contributed by atoms with van der Waals surface area (Å²) in [5.74, 6) is 0. The molecule has 4 rings (SSSR count). The molecule has 2 saturated heterocycles. The van der Waals surface area contributed by atoms with Gasteiger partial charge in [0.15, 0.2) is 0 Å². The molecular formula is C17H29NO2. The molecule has 2 spiro atoms. The Balaban J connectivity index is 1.28. The van der Waals surface area contributed by atoms with Gasteiger partial charge < -0.3 is 14.8 Å². The minimum atomic E-state index is 0.0577. The molecule has 20 heavy (non-hydrogen) atoms. The van der Waals surface area contributed by atoms with Crippen LogP contribution in [0.3, 0.4) is 0 Å². The predicted octanol–water partition coefficient (Wildman–Crippen LogP) is 3.03. The summed E-state index contributed by atoms with van der Waals surface area (Å²) < 4.78 is 11.6. The van der Waals surface area contributed by atoms with Crippen LogP contribution in [0, 0.1) is 5.41 Å². The van der Waals surface area contributed by atoms with Gasteiger partial charge in [-0.1, -0.05) is 19.3 Å². The van der Waals surface area contributed by atoms with Crippen molar-refractivity contribution < 1.29 is 9.47 Å². The Morgan fingerprint density at radius 3 is 2.45 bits per heavy atom. The van der Waals surface area contributed by atoms with Crippen molar-refractivity contribution in [2.24, 2.45) is 5.41 Å². The zero-order valence-corrected chi connectivity index (χ0v) is 12.7. The van der Waals surface area contributed by atoms with E-state index in [9.17, 15) is 0 Å². The summed E-state index contributed by atoms with van der Waals surface area (Å²) in [5, 5.41) is 3.94. The highest BCUT2D eigenvalue weighted by Crippen LogP contribution is 2.52. The lowest BCUT2D eigenvalue weighted by Crippen LogP contribution is -2.56. The Morgan fingerprint density at radius 2 is 1.70 bits per heavy atom. The van der Waals surface area contributed by atoms with Crippen molar-refractivity contribution in [2.75, 3.05) is 19.8 Å². The third-order valence-electron chi connectivity index (χ3n) is 6.30. The second-order valence-electron chi connectivity index (χ2n) is 7.86. The average molecular weight is 279 g/mol. The second-order valence-corrected chi connectivity index (χ2v) is 7.86. The van der Waals surface area contributed by atoms with E-state index >= 15 is 0 Å². The molecule has 4 fully saturated rings. The van der Waals surface area contributed by atoms with Gasteiger partial charge in [0.1, 0.15) is 0 Å². The third-order valence-corrected chi connectivity index (χ3v) is 6.30. The quantitative estimate of drug-likeness (QED) is 0.843. The van der Waals surface area contributed by atoms with Crippen LogP contribution in [0.4, 0.5) is 0 Å². The summed E-state index contributed by atoms with van der Waals surface area (Å²) in [4.78, 5) is 0. The van der Waals surface area contributed by atoms with Crippen molar-refractivity contribution in [2.45, 2.75) is 81.9 Å². The molecule has 0 amide bonds. The maximum Gasteiger partial charge on any atom is 0.0951 e. The van der Waals surface area contributed by atoms with Gasteiger partial charge in [-0.25, -0.2) is 0 Å². The van der Waals surface area contributed by atoms with Crippen LogP contribution < -0.4 is 5.32 Å². The Kier molecular flexibility index (Phi) is 3.56. The van der Waals surface area contributed by atoms with Crippen molar-refractivity contribution in [3.63, 3.8) is 0 Å². The first-order valence-electron chi connectivity index (χ1n) is 8.76. The molecule has 2 aliphatic heterocycles. The standard InChI is InChI=1S/C17H29NO2/c1-2-5-16(6-3-1)10-15(11-16)18-14-4-8-20-17(12-14)7-9-19-13-17/h14-15,18H,1-13H2. The monoisotopic (exact) mass is 279 g/mol.